The van der Waals surface area contributed by atoms with Crippen molar-refractivity contribution >= 4 is 28.9 Å². The summed E-state index contributed by atoms with van der Waals surface area (Å²) in [6.07, 6.45) is 0. The van der Waals surface area contributed by atoms with Crippen LogP contribution in [0.1, 0.15) is 10.4 Å². The average Bonchev–Trinajstić information content (AvgIpc) is 2.63. The normalized spacial score (nSPS) is 14.2. The summed E-state index contributed by atoms with van der Waals surface area (Å²) in [4.78, 5) is 25.1. The summed E-state index contributed by atoms with van der Waals surface area (Å²) in [6.45, 7) is 2.22. The summed E-state index contributed by atoms with van der Waals surface area (Å²) < 4.78 is 10.7. The van der Waals surface area contributed by atoms with Gasteiger partial charge in [0, 0.05) is 25.2 Å². The highest BCUT2D eigenvalue weighted by Gasteiger charge is 2.23. The van der Waals surface area contributed by atoms with Crippen molar-refractivity contribution in [2.24, 2.45) is 0 Å². The van der Waals surface area contributed by atoms with E-state index in [0.29, 0.717) is 32.0 Å². The molecule has 0 aromatic heterocycles. The molecule has 0 saturated carbocycles. The molecule has 0 unspecified atom stereocenters. The minimum Gasteiger partial charge on any atom is -0.421 e. The number of hydrogen-bond acceptors (Lipinski definition) is 6. The molecule has 0 amide bonds. The van der Waals surface area contributed by atoms with Gasteiger partial charge in [-0.15, -0.1) is 0 Å². The molecule has 2 aromatic rings. The van der Waals surface area contributed by atoms with Crippen LogP contribution in [0, 0.1) is 10.1 Å². The van der Waals surface area contributed by atoms with Gasteiger partial charge >= 0.3 is 5.97 Å². The first-order valence-electron chi connectivity index (χ1n) is 7.64. The van der Waals surface area contributed by atoms with Crippen LogP contribution in [0.2, 0.25) is 5.02 Å². The van der Waals surface area contributed by atoms with Crippen LogP contribution in [-0.4, -0.2) is 37.2 Å². The smallest absolute Gasteiger partial charge is 0.345 e. The number of esters is 1. The molecule has 0 atom stereocenters. The maximum absolute atomic E-state index is 12.6. The molecule has 1 aliphatic rings. The molecule has 1 saturated heterocycles. The number of nitro groups is 1. The van der Waals surface area contributed by atoms with Crippen molar-refractivity contribution in [2.75, 3.05) is 31.2 Å². The lowest BCUT2D eigenvalue weighted by Crippen LogP contribution is -2.37. The number of ether oxygens (including phenoxy) is 2. The molecule has 0 bridgehead atoms. The first-order chi connectivity index (χ1) is 12.1. The number of rotatable bonds is 4. The molecule has 7 nitrogen and oxygen atoms in total. The van der Waals surface area contributed by atoms with Crippen LogP contribution < -0.4 is 9.64 Å². The van der Waals surface area contributed by atoms with Crippen molar-refractivity contribution < 1.29 is 19.2 Å². The third-order valence-corrected chi connectivity index (χ3v) is 4.11. The highest BCUT2D eigenvalue weighted by Crippen LogP contribution is 2.29. The van der Waals surface area contributed by atoms with Crippen LogP contribution in [0.15, 0.2) is 42.5 Å². The zero-order valence-electron chi connectivity index (χ0n) is 13.2. The van der Waals surface area contributed by atoms with E-state index in [1.807, 2.05) is 4.90 Å². The second-order valence-electron chi connectivity index (χ2n) is 5.38. The van der Waals surface area contributed by atoms with Crippen LogP contribution in [0.4, 0.5) is 11.4 Å². The lowest BCUT2D eigenvalue weighted by Gasteiger charge is -2.30. The number of nitro benzene ring substituents is 1. The van der Waals surface area contributed by atoms with Crippen molar-refractivity contribution in [2.45, 2.75) is 0 Å². The average molecular weight is 363 g/mol. The van der Waals surface area contributed by atoms with Crippen LogP contribution in [0.5, 0.6) is 5.75 Å². The first-order valence-corrected chi connectivity index (χ1v) is 8.02. The number of halogens is 1. The molecule has 0 N–H and O–H groups in total. The number of hydrogen-bond donors (Lipinski definition) is 0. The monoisotopic (exact) mass is 362 g/mol. The van der Waals surface area contributed by atoms with Gasteiger partial charge in [-0.05, 0) is 18.2 Å². The van der Waals surface area contributed by atoms with Crippen LogP contribution in [0.25, 0.3) is 0 Å². The predicted octanol–water partition coefficient (Wildman–Crippen LogP) is 3.30. The highest BCUT2D eigenvalue weighted by atomic mass is 35.5. The van der Waals surface area contributed by atoms with Gasteiger partial charge in [-0.2, -0.15) is 0 Å². The van der Waals surface area contributed by atoms with E-state index < -0.39 is 10.9 Å². The number of non-ortho nitro benzene ring substituents is 1. The Morgan fingerprint density at radius 2 is 1.92 bits per heavy atom. The second-order valence-corrected chi connectivity index (χ2v) is 5.79. The van der Waals surface area contributed by atoms with Crippen molar-refractivity contribution in [3.8, 4) is 5.75 Å². The second kappa shape index (κ2) is 7.50. The summed E-state index contributed by atoms with van der Waals surface area (Å²) in [5.41, 5.74) is 0.519. The Bertz CT molecular complexity index is 805. The molecule has 2 aromatic carbocycles. The quantitative estimate of drug-likeness (QED) is 0.359. The lowest BCUT2D eigenvalue weighted by molar-refractivity contribution is -0.384. The fraction of sp³-hybridized carbons (Fsp3) is 0.235. The van der Waals surface area contributed by atoms with E-state index in [4.69, 9.17) is 21.1 Å². The van der Waals surface area contributed by atoms with Gasteiger partial charge in [0.05, 0.1) is 34.4 Å². The van der Waals surface area contributed by atoms with Crippen LogP contribution in [-0.2, 0) is 4.74 Å². The molecular weight excluding hydrogens is 348 g/mol. The van der Waals surface area contributed by atoms with Gasteiger partial charge < -0.3 is 14.4 Å². The van der Waals surface area contributed by atoms with E-state index in [1.54, 1.807) is 30.3 Å². The third kappa shape index (κ3) is 3.89. The van der Waals surface area contributed by atoms with Crippen molar-refractivity contribution in [1.29, 1.82) is 0 Å². The summed E-state index contributed by atoms with van der Waals surface area (Å²) in [7, 11) is 0. The minimum absolute atomic E-state index is 0.121. The standard InChI is InChI=1S/C17H15ClN2O5/c18-14-3-1-2-4-16(14)25-17(21)13-11-12(20(22)23)5-6-15(13)19-7-9-24-10-8-19/h1-6,11H,7-10H2. The third-order valence-electron chi connectivity index (χ3n) is 3.80. The van der Waals surface area contributed by atoms with Crippen molar-refractivity contribution in [3.05, 3.63) is 63.2 Å². The van der Waals surface area contributed by atoms with E-state index in [-0.39, 0.29) is 22.0 Å². The Labute approximate surface area is 148 Å². The van der Waals surface area contributed by atoms with E-state index in [2.05, 4.69) is 0 Å². The van der Waals surface area contributed by atoms with Gasteiger partial charge in [0.1, 0.15) is 5.75 Å². The zero-order valence-corrected chi connectivity index (χ0v) is 13.9. The number of morpholine rings is 1. The number of carbonyl (C=O) groups is 1. The maximum atomic E-state index is 12.6. The molecule has 1 aliphatic heterocycles. The number of benzene rings is 2. The van der Waals surface area contributed by atoms with E-state index in [1.165, 1.54) is 12.1 Å². The molecule has 3 rings (SSSR count). The van der Waals surface area contributed by atoms with Crippen LogP contribution in [0.3, 0.4) is 0 Å². The summed E-state index contributed by atoms with van der Waals surface area (Å²) in [5, 5.41) is 11.4. The van der Waals surface area contributed by atoms with Gasteiger partial charge in [-0.25, -0.2) is 4.79 Å². The molecule has 1 fully saturated rings. The molecule has 1 heterocycles. The predicted molar refractivity (Wildman–Crippen MR) is 92.5 cm³/mol. The minimum atomic E-state index is -0.696. The highest BCUT2D eigenvalue weighted by molar-refractivity contribution is 6.32. The van der Waals surface area contributed by atoms with Crippen molar-refractivity contribution in [3.63, 3.8) is 0 Å². The Kier molecular flexibility index (Phi) is 5.16. The Morgan fingerprint density at radius 3 is 2.60 bits per heavy atom. The number of nitrogens with zero attached hydrogens (tertiary/aromatic N) is 2. The van der Waals surface area contributed by atoms with E-state index in [0.717, 1.165) is 0 Å². The summed E-state index contributed by atoms with van der Waals surface area (Å²) >= 11 is 6.01. The van der Waals surface area contributed by atoms with Crippen LogP contribution >= 0.6 is 11.6 Å². The molecule has 0 aliphatic carbocycles. The zero-order chi connectivity index (χ0) is 17.8. The van der Waals surface area contributed by atoms with Crippen molar-refractivity contribution in [1.82, 2.24) is 0 Å². The Morgan fingerprint density at radius 1 is 1.20 bits per heavy atom. The maximum Gasteiger partial charge on any atom is 0.345 e. The first kappa shape index (κ1) is 17.2. The van der Waals surface area contributed by atoms with Gasteiger partial charge in [-0.3, -0.25) is 10.1 Å². The Hall–Kier alpha value is -2.64. The molecule has 0 spiro atoms. The molecular formula is C17H15ClN2O5. The topological polar surface area (TPSA) is 81.9 Å². The molecule has 130 valence electrons. The fourth-order valence-electron chi connectivity index (χ4n) is 2.56. The fourth-order valence-corrected chi connectivity index (χ4v) is 2.74. The largest absolute Gasteiger partial charge is 0.421 e. The number of carbonyl (C=O) groups excluding carboxylic acids is 1. The summed E-state index contributed by atoms with van der Waals surface area (Å²) in [5.74, 6) is -0.494. The lowest BCUT2D eigenvalue weighted by atomic mass is 10.1. The molecule has 25 heavy (non-hydrogen) atoms. The van der Waals surface area contributed by atoms with Gasteiger partial charge in [0.25, 0.3) is 5.69 Å². The van der Waals surface area contributed by atoms with Gasteiger partial charge in [0.2, 0.25) is 0 Å². The molecule has 8 heteroatoms. The van der Waals surface area contributed by atoms with Gasteiger partial charge in [0.15, 0.2) is 0 Å². The van der Waals surface area contributed by atoms with E-state index >= 15 is 0 Å². The van der Waals surface area contributed by atoms with E-state index in [9.17, 15) is 14.9 Å². The number of para-hydroxylation sites is 1. The Balaban J connectivity index is 1.96. The van der Waals surface area contributed by atoms with Gasteiger partial charge in [-0.1, -0.05) is 23.7 Å². The SMILES string of the molecule is O=C(Oc1ccccc1Cl)c1cc([N+](=O)[O-])ccc1N1CCOCC1. The molecule has 0 radical (unpaired) electrons. The summed E-state index contributed by atoms with van der Waals surface area (Å²) in [6, 6.07) is 10.7. The number of anilines is 1.